The smallest absolute Gasteiger partial charge is 0.0177 e. The molecule has 0 N–H and O–H groups in total. The van der Waals surface area contributed by atoms with Gasteiger partial charge >= 0.3 is 0 Å². The summed E-state index contributed by atoms with van der Waals surface area (Å²) in [6.07, 6.45) is 8.14. The highest BCUT2D eigenvalue weighted by molar-refractivity contribution is 5.30. The van der Waals surface area contributed by atoms with Gasteiger partial charge in [0.2, 0.25) is 0 Å². The second-order valence-electron chi connectivity index (χ2n) is 4.45. The fourth-order valence-electron chi connectivity index (χ4n) is 1.35. The summed E-state index contributed by atoms with van der Waals surface area (Å²) in [4.78, 5) is 0. The second kappa shape index (κ2) is 4.51. The van der Waals surface area contributed by atoms with Gasteiger partial charge in [0.25, 0.3) is 0 Å². The van der Waals surface area contributed by atoms with Gasteiger partial charge in [-0.1, -0.05) is 38.8 Å². The third-order valence-corrected chi connectivity index (χ3v) is 2.59. The van der Waals surface area contributed by atoms with Gasteiger partial charge in [-0.05, 0) is 18.3 Å². The number of unbranched alkanes of at least 4 members (excludes halogenated alkanes) is 2. The normalized spacial score (nSPS) is 14.5. The van der Waals surface area contributed by atoms with Crippen LogP contribution in [0.5, 0.6) is 0 Å². The Kier molecular flexibility index (Phi) is 3.60. The SMILES string of the molecule is CCCCC#CCC(C)(C)C1=CC1. The second-order valence-corrected chi connectivity index (χ2v) is 4.45. The zero-order valence-corrected chi connectivity index (χ0v) is 9.11. The molecule has 0 saturated heterocycles. The molecule has 0 nitrogen and oxygen atoms in total. The van der Waals surface area contributed by atoms with Gasteiger partial charge in [0.05, 0.1) is 0 Å². The number of hydrogen-bond acceptors (Lipinski definition) is 0. The third kappa shape index (κ3) is 3.68. The van der Waals surface area contributed by atoms with Crippen molar-refractivity contribution in [2.45, 2.75) is 52.9 Å². The predicted molar refractivity (Wildman–Crippen MR) is 58.4 cm³/mol. The highest BCUT2D eigenvalue weighted by Gasteiger charge is 2.26. The van der Waals surface area contributed by atoms with Crippen LogP contribution in [0.4, 0.5) is 0 Å². The maximum atomic E-state index is 3.29. The Morgan fingerprint density at radius 3 is 2.62 bits per heavy atom. The first-order valence-electron chi connectivity index (χ1n) is 5.32. The first kappa shape index (κ1) is 10.4. The largest absolute Gasteiger partial charge is 0.103 e. The topological polar surface area (TPSA) is 0 Å². The fraction of sp³-hybridized carbons (Fsp3) is 0.692. The molecule has 0 heterocycles. The van der Waals surface area contributed by atoms with Gasteiger partial charge in [0, 0.05) is 12.8 Å². The van der Waals surface area contributed by atoms with Crippen LogP contribution >= 0.6 is 0 Å². The van der Waals surface area contributed by atoms with Crippen molar-refractivity contribution in [1.29, 1.82) is 0 Å². The lowest BCUT2D eigenvalue weighted by molar-refractivity contribution is 0.474. The molecular weight excluding hydrogens is 156 g/mol. The van der Waals surface area contributed by atoms with Crippen molar-refractivity contribution in [2.75, 3.05) is 0 Å². The fourth-order valence-corrected chi connectivity index (χ4v) is 1.35. The first-order valence-corrected chi connectivity index (χ1v) is 5.32. The maximum Gasteiger partial charge on any atom is 0.0177 e. The molecule has 0 fully saturated rings. The van der Waals surface area contributed by atoms with Gasteiger partial charge < -0.3 is 0 Å². The van der Waals surface area contributed by atoms with E-state index in [1.807, 2.05) is 0 Å². The van der Waals surface area contributed by atoms with E-state index in [1.165, 1.54) is 19.3 Å². The van der Waals surface area contributed by atoms with E-state index >= 15 is 0 Å². The van der Waals surface area contributed by atoms with E-state index < -0.39 is 0 Å². The minimum atomic E-state index is 0.346. The van der Waals surface area contributed by atoms with Crippen molar-refractivity contribution in [3.8, 4) is 11.8 Å². The van der Waals surface area contributed by atoms with Crippen LogP contribution in [0, 0.1) is 17.3 Å². The van der Waals surface area contributed by atoms with Crippen molar-refractivity contribution in [3.63, 3.8) is 0 Å². The van der Waals surface area contributed by atoms with Crippen molar-refractivity contribution >= 4 is 0 Å². The van der Waals surface area contributed by atoms with Crippen LogP contribution < -0.4 is 0 Å². The van der Waals surface area contributed by atoms with Crippen molar-refractivity contribution in [3.05, 3.63) is 11.6 Å². The summed E-state index contributed by atoms with van der Waals surface area (Å²) in [6, 6.07) is 0. The van der Waals surface area contributed by atoms with E-state index in [0.29, 0.717) is 5.41 Å². The molecule has 0 aromatic heterocycles. The van der Waals surface area contributed by atoms with Gasteiger partial charge in [0.15, 0.2) is 0 Å². The van der Waals surface area contributed by atoms with Crippen LogP contribution in [0.2, 0.25) is 0 Å². The quantitative estimate of drug-likeness (QED) is 0.346. The summed E-state index contributed by atoms with van der Waals surface area (Å²) in [7, 11) is 0. The lowest BCUT2D eigenvalue weighted by Crippen LogP contribution is -2.07. The van der Waals surface area contributed by atoms with Crippen LogP contribution in [-0.4, -0.2) is 0 Å². The molecule has 0 saturated carbocycles. The van der Waals surface area contributed by atoms with Crippen molar-refractivity contribution in [2.24, 2.45) is 5.41 Å². The van der Waals surface area contributed by atoms with Gasteiger partial charge in [-0.3, -0.25) is 0 Å². The van der Waals surface area contributed by atoms with Crippen LogP contribution in [0.1, 0.15) is 52.9 Å². The van der Waals surface area contributed by atoms with Crippen LogP contribution in [-0.2, 0) is 0 Å². The molecule has 13 heavy (non-hydrogen) atoms. The van der Waals surface area contributed by atoms with E-state index in [4.69, 9.17) is 0 Å². The summed E-state index contributed by atoms with van der Waals surface area (Å²) in [5.74, 6) is 6.54. The highest BCUT2D eigenvalue weighted by atomic mass is 14.3. The van der Waals surface area contributed by atoms with Gasteiger partial charge in [0.1, 0.15) is 0 Å². The first-order chi connectivity index (χ1) is 6.17. The lowest BCUT2D eigenvalue weighted by Gasteiger charge is -2.17. The van der Waals surface area contributed by atoms with Crippen molar-refractivity contribution < 1.29 is 0 Å². The van der Waals surface area contributed by atoms with E-state index in [2.05, 4.69) is 38.7 Å². The lowest BCUT2D eigenvalue weighted by atomic mass is 9.86. The molecule has 0 atom stereocenters. The summed E-state index contributed by atoms with van der Waals surface area (Å²) >= 11 is 0. The molecule has 1 rings (SSSR count). The number of rotatable bonds is 4. The van der Waals surface area contributed by atoms with Crippen LogP contribution in [0.3, 0.4) is 0 Å². The predicted octanol–water partition coefficient (Wildman–Crippen LogP) is 3.93. The van der Waals surface area contributed by atoms with Crippen molar-refractivity contribution in [1.82, 2.24) is 0 Å². The average Bonchev–Trinajstić information content (AvgIpc) is 2.86. The molecular formula is C13H20. The summed E-state index contributed by atoms with van der Waals surface area (Å²) < 4.78 is 0. The summed E-state index contributed by atoms with van der Waals surface area (Å²) in [5.41, 5.74) is 1.94. The highest BCUT2D eigenvalue weighted by Crippen LogP contribution is 2.40. The molecule has 0 heteroatoms. The zero-order chi connectivity index (χ0) is 9.73. The minimum absolute atomic E-state index is 0.346. The van der Waals surface area contributed by atoms with Crippen LogP contribution in [0.15, 0.2) is 11.6 Å². The molecule has 0 aliphatic heterocycles. The Hall–Kier alpha value is -0.700. The Labute approximate surface area is 82.4 Å². The summed E-state index contributed by atoms with van der Waals surface area (Å²) in [5, 5.41) is 0. The summed E-state index contributed by atoms with van der Waals surface area (Å²) in [6.45, 7) is 6.79. The Balaban J connectivity index is 2.22. The minimum Gasteiger partial charge on any atom is -0.103 e. The molecule has 1 aliphatic carbocycles. The van der Waals surface area contributed by atoms with Gasteiger partial charge in [-0.2, -0.15) is 0 Å². The molecule has 0 aromatic carbocycles. The molecule has 0 aromatic rings. The molecule has 1 aliphatic rings. The Morgan fingerprint density at radius 2 is 2.08 bits per heavy atom. The molecule has 0 unspecified atom stereocenters. The molecule has 0 amide bonds. The van der Waals surface area contributed by atoms with E-state index in [1.54, 1.807) is 5.57 Å². The molecule has 0 spiro atoms. The van der Waals surface area contributed by atoms with E-state index in [9.17, 15) is 0 Å². The van der Waals surface area contributed by atoms with Gasteiger partial charge in [-0.25, -0.2) is 0 Å². The Morgan fingerprint density at radius 1 is 1.38 bits per heavy atom. The zero-order valence-electron chi connectivity index (χ0n) is 9.11. The molecule has 0 bridgehead atoms. The molecule has 0 radical (unpaired) electrons. The maximum absolute atomic E-state index is 3.29. The van der Waals surface area contributed by atoms with Gasteiger partial charge in [-0.15, -0.1) is 11.8 Å². The van der Waals surface area contributed by atoms with E-state index in [-0.39, 0.29) is 0 Å². The van der Waals surface area contributed by atoms with Crippen LogP contribution in [0.25, 0.3) is 0 Å². The number of hydrogen-bond donors (Lipinski definition) is 0. The number of allylic oxidation sites excluding steroid dienone is 2. The standard InChI is InChI=1S/C13H20/c1-4-5-6-7-8-11-13(2,3)12-9-10-12/h9H,4-6,10-11H2,1-3H3. The van der Waals surface area contributed by atoms with E-state index in [0.717, 1.165) is 12.8 Å². The molecule has 72 valence electrons. The Bertz CT molecular complexity index is 245. The average molecular weight is 176 g/mol. The monoisotopic (exact) mass is 176 g/mol. The third-order valence-electron chi connectivity index (χ3n) is 2.59.